The first-order chi connectivity index (χ1) is 6.74. The van der Waals surface area contributed by atoms with Crippen LogP contribution in [0.1, 0.15) is 12.0 Å². The fraction of sp³-hybridized carbons (Fsp3) is 0.500. The summed E-state index contributed by atoms with van der Waals surface area (Å²) >= 11 is 1.86. The Hall–Kier alpha value is -0.900. The van der Waals surface area contributed by atoms with Gasteiger partial charge in [0.05, 0.1) is 11.9 Å². The molecule has 0 aromatic carbocycles. The molecule has 0 radical (unpaired) electrons. The molecule has 0 fully saturated rings. The van der Waals surface area contributed by atoms with E-state index in [-0.39, 0.29) is 0 Å². The van der Waals surface area contributed by atoms with Gasteiger partial charge in [0.1, 0.15) is 5.82 Å². The number of anilines is 2. The summed E-state index contributed by atoms with van der Waals surface area (Å²) in [6.07, 6.45) is 4.98. The molecular formula is C10H17N3S. The van der Waals surface area contributed by atoms with Crippen molar-refractivity contribution in [3.05, 3.63) is 17.8 Å². The minimum absolute atomic E-state index is 0.750. The van der Waals surface area contributed by atoms with Gasteiger partial charge in [0.15, 0.2) is 0 Å². The summed E-state index contributed by atoms with van der Waals surface area (Å²) in [5.41, 5.74) is 7.50. The van der Waals surface area contributed by atoms with Crippen molar-refractivity contribution in [1.29, 1.82) is 0 Å². The third-order valence-corrected chi connectivity index (χ3v) is 2.68. The molecule has 0 aliphatic carbocycles. The van der Waals surface area contributed by atoms with Crippen LogP contribution in [0.3, 0.4) is 0 Å². The van der Waals surface area contributed by atoms with E-state index in [0.717, 1.165) is 30.0 Å². The molecule has 3 nitrogen and oxygen atoms in total. The number of nitrogens with two attached hydrogens (primary N) is 1. The Morgan fingerprint density at radius 2 is 2.36 bits per heavy atom. The van der Waals surface area contributed by atoms with E-state index in [1.165, 1.54) is 5.75 Å². The van der Waals surface area contributed by atoms with Crippen LogP contribution in [0.25, 0.3) is 0 Å². The van der Waals surface area contributed by atoms with E-state index in [1.54, 1.807) is 6.20 Å². The fourth-order valence-electron chi connectivity index (χ4n) is 1.10. The molecule has 0 unspecified atom stereocenters. The number of hydrogen-bond acceptors (Lipinski definition) is 4. The molecule has 0 saturated heterocycles. The zero-order valence-electron chi connectivity index (χ0n) is 8.71. The van der Waals surface area contributed by atoms with Crippen molar-refractivity contribution >= 4 is 23.3 Å². The van der Waals surface area contributed by atoms with Crippen molar-refractivity contribution in [1.82, 2.24) is 4.98 Å². The predicted octanol–water partition coefficient (Wildman–Crippen LogP) is 2.14. The van der Waals surface area contributed by atoms with Crippen molar-refractivity contribution in [2.75, 3.05) is 29.6 Å². The highest BCUT2D eigenvalue weighted by Gasteiger charge is 1.96. The minimum atomic E-state index is 0.750. The zero-order valence-corrected chi connectivity index (χ0v) is 9.53. The highest BCUT2D eigenvalue weighted by molar-refractivity contribution is 7.98. The van der Waals surface area contributed by atoms with Gasteiger partial charge in [0.2, 0.25) is 0 Å². The summed E-state index contributed by atoms with van der Waals surface area (Å²) in [7, 11) is 0. The molecular weight excluding hydrogens is 194 g/mol. The fourth-order valence-corrected chi connectivity index (χ4v) is 1.53. The molecule has 0 atom stereocenters. The topological polar surface area (TPSA) is 50.9 Å². The van der Waals surface area contributed by atoms with Gasteiger partial charge < -0.3 is 11.1 Å². The van der Waals surface area contributed by atoms with Crippen molar-refractivity contribution in [3.8, 4) is 0 Å². The number of pyridine rings is 1. The Labute approximate surface area is 89.5 Å². The van der Waals surface area contributed by atoms with Crippen molar-refractivity contribution in [3.63, 3.8) is 0 Å². The van der Waals surface area contributed by atoms with Gasteiger partial charge >= 0.3 is 0 Å². The number of hydrogen-bond donors (Lipinski definition) is 2. The number of thioether (sulfide) groups is 1. The maximum Gasteiger partial charge on any atom is 0.126 e. The number of nitrogens with one attached hydrogen (secondary N) is 1. The molecule has 0 amide bonds. The van der Waals surface area contributed by atoms with E-state index in [9.17, 15) is 0 Å². The molecule has 1 rings (SSSR count). The molecule has 1 heterocycles. The van der Waals surface area contributed by atoms with Crippen LogP contribution in [0, 0.1) is 6.92 Å². The summed E-state index contributed by atoms with van der Waals surface area (Å²) in [6, 6.07) is 1.98. The van der Waals surface area contributed by atoms with Gasteiger partial charge in [0.25, 0.3) is 0 Å². The van der Waals surface area contributed by atoms with Crippen LogP contribution in [0.4, 0.5) is 11.5 Å². The average Bonchev–Trinajstić information content (AvgIpc) is 2.18. The number of rotatable bonds is 5. The second kappa shape index (κ2) is 5.75. The van der Waals surface area contributed by atoms with Crippen LogP contribution in [0.2, 0.25) is 0 Å². The van der Waals surface area contributed by atoms with Crippen molar-refractivity contribution in [2.24, 2.45) is 0 Å². The smallest absolute Gasteiger partial charge is 0.126 e. The van der Waals surface area contributed by atoms with Gasteiger partial charge in [0, 0.05) is 6.54 Å². The van der Waals surface area contributed by atoms with Crippen LogP contribution >= 0.6 is 11.8 Å². The minimum Gasteiger partial charge on any atom is -0.397 e. The Morgan fingerprint density at radius 1 is 1.57 bits per heavy atom. The number of nitrogen functional groups attached to an aromatic ring is 1. The molecule has 0 spiro atoms. The van der Waals surface area contributed by atoms with Crippen LogP contribution < -0.4 is 11.1 Å². The third-order valence-electron chi connectivity index (χ3n) is 1.98. The molecule has 0 aliphatic heterocycles. The predicted molar refractivity (Wildman–Crippen MR) is 64.9 cm³/mol. The molecule has 78 valence electrons. The van der Waals surface area contributed by atoms with E-state index in [0.29, 0.717) is 0 Å². The first-order valence-corrected chi connectivity index (χ1v) is 6.08. The maximum atomic E-state index is 5.67. The molecule has 0 bridgehead atoms. The number of aryl methyl sites for hydroxylation is 1. The third kappa shape index (κ3) is 3.46. The maximum absolute atomic E-state index is 5.67. The summed E-state index contributed by atoms with van der Waals surface area (Å²) in [5, 5.41) is 3.27. The summed E-state index contributed by atoms with van der Waals surface area (Å²) in [6.45, 7) is 2.96. The largest absolute Gasteiger partial charge is 0.397 e. The molecule has 1 aromatic rings. The molecule has 1 aromatic heterocycles. The zero-order chi connectivity index (χ0) is 10.4. The van der Waals surface area contributed by atoms with Crippen LogP contribution in [0.5, 0.6) is 0 Å². The molecule has 0 aliphatic rings. The summed E-state index contributed by atoms with van der Waals surface area (Å²) in [4.78, 5) is 4.19. The lowest BCUT2D eigenvalue weighted by atomic mass is 10.2. The van der Waals surface area contributed by atoms with E-state index in [2.05, 4.69) is 16.6 Å². The number of nitrogens with zero attached hydrogens (tertiary/aromatic N) is 1. The van der Waals surface area contributed by atoms with Crippen molar-refractivity contribution < 1.29 is 0 Å². The summed E-state index contributed by atoms with van der Waals surface area (Å²) in [5.74, 6) is 2.10. The van der Waals surface area contributed by atoms with Gasteiger partial charge in [-0.1, -0.05) is 0 Å². The molecule has 14 heavy (non-hydrogen) atoms. The van der Waals surface area contributed by atoms with Gasteiger partial charge in [-0.15, -0.1) is 0 Å². The Bertz CT molecular complexity index is 289. The normalized spacial score (nSPS) is 10.1. The average molecular weight is 211 g/mol. The Morgan fingerprint density at radius 3 is 3.00 bits per heavy atom. The monoisotopic (exact) mass is 211 g/mol. The lowest BCUT2D eigenvalue weighted by molar-refractivity contribution is 0.981. The lowest BCUT2D eigenvalue weighted by Gasteiger charge is -2.06. The van der Waals surface area contributed by atoms with Gasteiger partial charge in [-0.2, -0.15) is 11.8 Å². The first kappa shape index (κ1) is 11.2. The summed E-state index contributed by atoms with van der Waals surface area (Å²) < 4.78 is 0. The second-order valence-corrected chi connectivity index (χ2v) is 4.18. The second-order valence-electron chi connectivity index (χ2n) is 3.20. The number of aromatic nitrogens is 1. The van der Waals surface area contributed by atoms with Crippen LogP contribution in [0.15, 0.2) is 12.3 Å². The lowest BCUT2D eigenvalue weighted by Crippen LogP contribution is -2.05. The first-order valence-electron chi connectivity index (χ1n) is 4.69. The van der Waals surface area contributed by atoms with Gasteiger partial charge in [-0.3, -0.25) is 0 Å². The van der Waals surface area contributed by atoms with Crippen molar-refractivity contribution in [2.45, 2.75) is 13.3 Å². The molecule has 0 saturated carbocycles. The van der Waals surface area contributed by atoms with E-state index in [4.69, 9.17) is 5.73 Å². The quantitative estimate of drug-likeness (QED) is 0.733. The van der Waals surface area contributed by atoms with Crippen LogP contribution in [-0.4, -0.2) is 23.5 Å². The van der Waals surface area contributed by atoms with Crippen LogP contribution in [-0.2, 0) is 0 Å². The standard InChI is InChI=1S/C10H17N3S/c1-8-6-10(13-7-9(8)11)12-4-3-5-14-2/h6-7H,3-5,11H2,1-2H3,(H,12,13). The highest BCUT2D eigenvalue weighted by atomic mass is 32.2. The van der Waals surface area contributed by atoms with Gasteiger partial charge in [-0.25, -0.2) is 4.98 Å². The van der Waals surface area contributed by atoms with E-state index >= 15 is 0 Å². The SMILES string of the molecule is CSCCCNc1cc(C)c(N)cn1. The highest BCUT2D eigenvalue weighted by Crippen LogP contribution is 2.12. The molecule has 4 heteroatoms. The Balaban J connectivity index is 2.39. The Kier molecular flexibility index (Phi) is 4.59. The molecule has 3 N–H and O–H groups in total. The van der Waals surface area contributed by atoms with Gasteiger partial charge in [-0.05, 0) is 37.0 Å². The van der Waals surface area contributed by atoms with E-state index < -0.39 is 0 Å². The van der Waals surface area contributed by atoms with E-state index in [1.807, 2.05) is 24.8 Å².